The van der Waals surface area contributed by atoms with E-state index in [1.54, 1.807) is 6.07 Å². The molecule has 26 heavy (non-hydrogen) atoms. The second-order valence-electron chi connectivity index (χ2n) is 6.82. The van der Waals surface area contributed by atoms with Gasteiger partial charge in [0.05, 0.1) is 16.4 Å². The van der Waals surface area contributed by atoms with E-state index in [1.807, 2.05) is 29.1 Å². The van der Waals surface area contributed by atoms with Gasteiger partial charge in [-0.15, -0.1) is 0 Å². The fourth-order valence-corrected chi connectivity index (χ4v) is 3.63. The summed E-state index contributed by atoms with van der Waals surface area (Å²) < 4.78 is 2.99. The molecule has 140 valence electrons. The smallest absolute Gasteiger partial charge is 0.123 e. The Morgan fingerprint density at radius 3 is 2.46 bits per heavy atom. The van der Waals surface area contributed by atoms with Crippen molar-refractivity contribution in [3.8, 4) is 5.75 Å². The molecule has 0 radical (unpaired) electrons. The van der Waals surface area contributed by atoms with Crippen LogP contribution in [0, 0.1) is 12.8 Å². The van der Waals surface area contributed by atoms with Gasteiger partial charge in [-0.2, -0.15) is 5.10 Å². The van der Waals surface area contributed by atoms with Gasteiger partial charge in [0.25, 0.3) is 0 Å². The van der Waals surface area contributed by atoms with Gasteiger partial charge < -0.3 is 5.11 Å². The van der Waals surface area contributed by atoms with E-state index in [0.29, 0.717) is 5.92 Å². The number of nitrogens with zero attached hydrogens (tertiary/aromatic N) is 2. The van der Waals surface area contributed by atoms with Crippen molar-refractivity contribution in [1.29, 1.82) is 0 Å². The molecule has 0 aliphatic heterocycles. The van der Waals surface area contributed by atoms with Crippen molar-refractivity contribution < 1.29 is 5.11 Å². The molecule has 1 aromatic heterocycles. The summed E-state index contributed by atoms with van der Waals surface area (Å²) >= 11 is 3.56. The van der Waals surface area contributed by atoms with Crippen LogP contribution in [0.5, 0.6) is 5.75 Å². The fraction of sp³-hybridized carbons (Fsp3) is 0.409. The van der Waals surface area contributed by atoms with Crippen molar-refractivity contribution in [2.75, 3.05) is 0 Å². The van der Waals surface area contributed by atoms with Gasteiger partial charge in [0.15, 0.2) is 0 Å². The number of phenolic OH excluding ortho intramolecular Hbond substituents is 1. The third-order valence-corrected chi connectivity index (χ3v) is 5.48. The standard InChI is InChI=1S/C22H29BrN2O/c1-5-9-18(10-6-2)14-19(25-17(4)21(23)15-24-25)13-16(3)20-11-7-8-12-22(20)26/h7-8,11-13,15,18,26H,3,5-6,9-10,14H2,1-2,4H3/b19-13-. The van der Waals surface area contributed by atoms with Crippen LogP contribution in [0.3, 0.4) is 0 Å². The zero-order valence-electron chi connectivity index (χ0n) is 16.0. The van der Waals surface area contributed by atoms with Crippen molar-refractivity contribution in [3.63, 3.8) is 0 Å². The molecule has 0 saturated carbocycles. The fourth-order valence-electron chi connectivity index (χ4n) is 3.37. The molecule has 0 spiro atoms. The first kappa shape index (κ1) is 20.5. The summed E-state index contributed by atoms with van der Waals surface area (Å²) in [5.74, 6) is 0.876. The van der Waals surface area contributed by atoms with Gasteiger partial charge in [-0.25, -0.2) is 4.68 Å². The largest absolute Gasteiger partial charge is 0.507 e. The first-order chi connectivity index (χ1) is 12.5. The minimum absolute atomic E-state index is 0.255. The zero-order chi connectivity index (χ0) is 19.1. The summed E-state index contributed by atoms with van der Waals surface area (Å²) in [4.78, 5) is 0. The Kier molecular flexibility index (Phi) is 7.70. The number of aromatic hydroxyl groups is 1. The Bertz CT molecular complexity index is 770. The molecule has 2 rings (SSSR count). The molecule has 3 nitrogen and oxygen atoms in total. The lowest BCUT2D eigenvalue weighted by atomic mass is 9.92. The molecule has 0 unspecified atom stereocenters. The molecular weight excluding hydrogens is 388 g/mol. The van der Waals surface area contributed by atoms with E-state index in [0.717, 1.165) is 33.4 Å². The second-order valence-corrected chi connectivity index (χ2v) is 7.67. The molecule has 1 N–H and O–H groups in total. The quantitative estimate of drug-likeness (QED) is 0.455. The summed E-state index contributed by atoms with van der Waals surface area (Å²) in [6, 6.07) is 7.33. The van der Waals surface area contributed by atoms with Crippen LogP contribution in [0.4, 0.5) is 0 Å². The number of hydrogen-bond acceptors (Lipinski definition) is 2. The first-order valence-corrected chi connectivity index (χ1v) is 10.2. The third-order valence-electron chi connectivity index (χ3n) is 4.70. The Hall–Kier alpha value is -1.81. The summed E-state index contributed by atoms with van der Waals surface area (Å²) in [5.41, 5.74) is 3.76. The van der Waals surface area contributed by atoms with Crippen LogP contribution < -0.4 is 0 Å². The summed E-state index contributed by atoms with van der Waals surface area (Å²) in [5, 5.41) is 14.7. The highest BCUT2D eigenvalue weighted by Crippen LogP contribution is 2.31. The van der Waals surface area contributed by atoms with Gasteiger partial charge in [0.2, 0.25) is 0 Å². The Morgan fingerprint density at radius 2 is 1.92 bits per heavy atom. The van der Waals surface area contributed by atoms with E-state index in [-0.39, 0.29) is 5.75 Å². The molecule has 4 heteroatoms. The molecule has 0 aliphatic rings. The molecule has 0 fully saturated rings. The number of allylic oxidation sites excluding steroid dienone is 3. The van der Waals surface area contributed by atoms with E-state index in [4.69, 9.17) is 0 Å². The maximum absolute atomic E-state index is 10.2. The maximum atomic E-state index is 10.2. The Labute approximate surface area is 165 Å². The van der Waals surface area contributed by atoms with Crippen LogP contribution in [0.1, 0.15) is 57.2 Å². The predicted octanol–water partition coefficient (Wildman–Crippen LogP) is 6.82. The molecule has 0 bridgehead atoms. The molecule has 2 aromatic rings. The van der Waals surface area contributed by atoms with Crippen molar-refractivity contribution in [3.05, 3.63) is 58.8 Å². The van der Waals surface area contributed by atoms with Gasteiger partial charge in [-0.3, -0.25) is 0 Å². The van der Waals surface area contributed by atoms with Gasteiger partial charge in [-0.1, -0.05) is 64.3 Å². The number of halogens is 1. The summed E-state index contributed by atoms with van der Waals surface area (Å²) in [6.07, 6.45) is 9.62. The van der Waals surface area contributed by atoms with Crippen LogP contribution in [-0.4, -0.2) is 14.9 Å². The zero-order valence-corrected chi connectivity index (χ0v) is 17.6. The highest BCUT2D eigenvalue weighted by molar-refractivity contribution is 9.10. The van der Waals surface area contributed by atoms with Crippen molar-refractivity contribution in [1.82, 2.24) is 9.78 Å². The van der Waals surface area contributed by atoms with Crippen LogP contribution in [0.25, 0.3) is 11.3 Å². The lowest BCUT2D eigenvalue weighted by Gasteiger charge is -2.19. The molecule has 0 saturated heterocycles. The average molecular weight is 417 g/mol. The molecule has 0 aliphatic carbocycles. The van der Waals surface area contributed by atoms with Gasteiger partial charge >= 0.3 is 0 Å². The summed E-state index contributed by atoms with van der Waals surface area (Å²) in [6.45, 7) is 10.7. The first-order valence-electron chi connectivity index (χ1n) is 9.36. The van der Waals surface area contributed by atoms with Gasteiger partial charge in [0.1, 0.15) is 5.75 Å². The Morgan fingerprint density at radius 1 is 1.27 bits per heavy atom. The van der Waals surface area contributed by atoms with Crippen molar-refractivity contribution in [2.45, 2.75) is 52.9 Å². The van der Waals surface area contributed by atoms with Crippen molar-refractivity contribution in [2.24, 2.45) is 5.92 Å². The van der Waals surface area contributed by atoms with E-state index in [1.165, 1.54) is 25.7 Å². The predicted molar refractivity (Wildman–Crippen MR) is 114 cm³/mol. The lowest BCUT2D eigenvalue weighted by molar-refractivity contribution is 0.443. The lowest BCUT2D eigenvalue weighted by Crippen LogP contribution is -2.08. The molecule has 1 heterocycles. The number of aromatic nitrogens is 2. The van der Waals surface area contributed by atoms with E-state index >= 15 is 0 Å². The van der Waals surface area contributed by atoms with E-state index < -0.39 is 0 Å². The third kappa shape index (κ3) is 5.10. The molecule has 0 atom stereocenters. The minimum Gasteiger partial charge on any atom is -0.507 e. The van der Waals surface area contributed by atoms with Crippen LogP contribution in [-0.2, 0) is 0 Å². The summed E-state index contributed by atoms with van der Waals surface area (Å²) in [7, 11) is 0. The normalized spacial score (nSPS) is 12.0. The number of benzene rings is 1. The molecule has 0 amide bonds. The monoisotopic (exact) mass is 416 g/mol. The highest BCUT2D eigenvalue weighted by Gasteiger charge is 2.16. The van der Waals surface area contributed by atoms with Gasteiger partial charge in [-0.05, 0) is 52.9 Å². The SMILES string of the molecule is C=C(/C=C(/CC(CCC)CCC)n1ncc(Br)c1C)c1ccccc1O. The topological polar surface area (TPSA) is 38.0 Å². The number of phenols is 1. The number of hydrogen-bond donors (Lipinski definition) is 1. The van der Waals surface area contributed by atoms with E-state index in [9.17, 15) is 5.11 Å². The van der Waals surface area contributed by atoms with Crippen LogP contribution in [0.15, 0.2) is 47.6 Å². The van der Waals surface area contributed by atoms with Crippen LogP contribution in [0.2, 0.25) is 0 Å². The number of rotatable bonds is 9. The van der Waals surface area contributed by atoms with Gasteiger partial charge in [0, 0.05) is 11.3 Å². The molecular formula is C22H29BrN2O. The van der Waals surface area contributed by atoms with Crippen molar-refractivity contribution >= 4 is 27.2 Å². The highest BCUT2D eigenvalue weighted by atomic mass is 79.9. The minimum atomic E-state index is 0.255. The maximum Gasteiger partial charge on any atom is 0.123 e. The second kappa shape index (κ2) is 9.77. The van der Waals surface area contributed by atoms with Crippen LogP contribution >= 0.6 is 15.9 Å². The Balaban J connectivity index is 2.41. The van der Waals surface area contributed by atoms with E-state index in [2.05, 4.69) is 54.5 Å². The average Bonchev–Trinajstić information content (AvgIpc) is 2.94. The molecule has 1 aromatic carbocycles. The number of para-hydroxylation sites is 1.